The highest BCUT2D eigenvalue weighted by molar-refractivity contribution is 7.23. The van der Waals surface area contributed by atoms with E-state index in [1.165, 1.54) is 0 Å². The van der Waals surface area contributed by atoms with Crippen LogP contribution in [0, 0.1) is 0 Å². The van der Waals surface area contributed by atoms with Crippen LogP contribution in [0.15, 0.2) is 61.7 Å². The third kappa shape index (κ3) is 3.34. The van der Waals surface area contributed by atoms with E-state index in [1.54, 1.807) is 22.7 Å². The molecule has 0 aliphatic carbocycles. The Bertz CT molecular complexity index is 1300. The maximum absolute atomic E-state index is 4.83. The fourth-order valence-electron chi connectivity index (χ4n) is 3.15. The molecule has 0 amide bonds. The van der Waals surface area contributed by atoms with Gasteiger partial charge >= 0.3 is 0 Å². The first kappa shape index (κ1) is 18.8. The van der Waals surface area contributed by atoms with Gasteiger partial charge in [-0.25, -0.2) is 19.9 Å². The molecule has 0 bridgehead atoms. The van der Waals surface area contributed by atoms with E-state index < -0.39 is 0 Å². The zero-order valence-electron chi connectivity index (χ0n) is 16.6. The van der Waals surface area contributed by atoms with Crippen LogP contribution >= 0.6 is 22.7 Å². The van der Waals surface area contributed by atoms with E-state index in [0.717, 1.165) is 64.4 Å². The molecule has 5 aromatic rings. The van der Waals surface area contributed by atoms with Crippen molar-refractivity contribution in [3.8, 4) is 21.4 Å². The van der Waals surface area contributed by atoms with Crippen molar-refractivity contribution in [2.75, 3.05) is 0 Å². The molecule has 6 heteroatoms. The average Bonchev–Trinajstić information content (AvgIpc) is 3.35. The van der Waals surface area contributed by atoms with Crippen molar-refractivity contribution in [2.24, 2.45) is 0 Å². The van der Waals surface area contributed by atoms with Crippen LogP contribution < -0.4 is 0 Å². The summed E-state index contributed by atoms with van der Waals surface area (Å²) in [6.45, 7) is 11.9. The fraction of sp³-hybridized carbons (Fsp3) is 0.0833. The van der Waals surface area contributed by atoms with E-state index in [1.807, 2.05) is 50.2 Å². The third-order valence-corrected chi connectivity index (χ3v) is 6.79. The molecule has 30 heavy (non-hydrogen) atoms. The van der Waals surface area contributed by atoms with Gasteiger partial charge in [0, 0.05) is 0 Å². The Morgan fingerprint density at radius 2 is 1.10 bits per heavy atom. The van der Waals surface area contributed by atoms with Crippen molar-refractivity contribution < 1.29 is 0 Å². The van der Waals surface area contributed by atoms with Gasteiger partial charge in [0.15, 0.2) is 0 Å². The summed E-state index contributed by atoms with van der Waals surface area (Å²) in [6, 6.07) is 16.1. The number of pyridine rings is 2. The van der Waals surface area contributed by atoms with Gasteiger partial charge in [0.2, 0.25) is 0 Å². The number of aromatic nitrogens is 4. The lowest BCUT2D eigenvalue weighted by atomic mass is 10.2. The van der Waals surface area contributed by atoms with Gasteiger partial charge in [-0.2, -0.15) is 0 Å². The van der Waals surface area contributed by atoms with Gasteiger partial charge in [0.25, 0.3) is 0 Å². The molecule has 0 aliphatic rings. The molecule has 0 radical (unpaired) electrons. The van der Waals surface area contributed by atoms with E-state index >= 15 is 0 Å². The zero-order chi connectivity index (χ0) is 20.8. The first-order chi connectivity index (χ1) is 14.5. The minimum atomic E-state index is 0.870. The molecule has 0 aliphatic heterocycles. The highest BCUT2D eigenvalue weighted by atomic mass is 32.1. The Labute approximate surface area is 182 Å². The number of hydrogen-bond acceptors (Lipinski definition) is 6. The minimum Gasteiger partial charge on any atom is -0.246 e. The second-order valence-electron chi connectivity index (χ2n) is 7.20. The van der Waals surface area contributed by atoms with Crippen molar-refractivity contribution in [3.63, 3.8) is 0 Å². The number of thiazole rings is 2. The summed E-state index contributed by atoms with van der Waals surface area (Å²) in [6.07, 6.45) is 0. The molecule has 1 aromatic carbocycles. The first-order valence-corrected chi connectivity index (χ1v) is 11.1. The van der Waals surface area contributed by atoms with Crippen LogP contribution in [0.1, 0.15) is 25.2 Å². The summed E-state index contributed by atoms with van der Waals surface area (Å²) in [5.74, 6) is 0. The molecule has 0 saturated heterocycles. The summed E-state index contributed by atoms with van der Waals surface area (Å²) in [4.78, 5) is 19.0. The molecule has 5 rings (SSSR count). The number of rotatable bonds is 4. The van der Waals surface area contributed by atoms with Gasteiger partial charge in [-0.15, -0.1) is 22.7 Å². The number of hydrogen-bond donors (Lipinski definition) is 0. The van der Waals surface area contributed by atoms with E-state index in [-0.39, 0.29) is 0 Å². The van der Waals surface area contributed by atoms with Gasteiger partial charge in [0.1, 0.15) is 10.0 Å². The van der Waals surface area contributed by atoms with Crippen molar-refractivity contribution in [2.45, 2.75) is 13.8 Å². The molecule has 0 fully saturated rings. The molecule has 4 aromatic heterocycles. The number of fused-ring (bicyclic) bond motifs is 2. The molecule has 0 N–H and O–H groups in total. The smallest absolute Gasteiger partial charge is 0.143 e. The van der Waals surface area contributed by atoms with Gasteiger partial charge in [-0.05, 0) is 61.4 Å². The van der Waals surface area contributed by atoms with Gasteiger partial charge < -0.3 is 0 Å². The Morgan fingerprint density at radius 3 is 1.50 bits per heavy atom. The molecule has 146 valence electrons. The topological polar surface area (TPSA) is 51.6 Å². The summed E-state index contributed by atoms with van der Waals surface area (Å²) < 4.78 is 2.20. The summed E-state index contributed by atoms with van der Waals surface area (Å²) in [7, 11) is 0. The van der Waals surface area contributed by atoms with E-state index in [2.05, 4.69) is 25.3 Å². The lowest BCUT2D eigenvalue weighted by Crippen LogP contribution is -1.88. The van der Waals surface area contributed by atoms with Crippen LogP contribution in [-0.2, 0) is 0 Å². The van der Waals surface area contributed by atoms with Crippen LogP contribution in [0.4, 0.5) is 0 Å². The Balaban J connectivity index is 1.57. The zero-order valence-corrected chi connectivity index (χ0v) is 18.3. The van der Waals surface area contributed by atoms with Crippen LogP contribution in [0.2, 0.25) is 0 Å². The molecule has 4 nitrogen and oxygen atoms in total. The number of allylic oxidation sites excluding steroid dienone is 2. The fourth-order valence-corrected chi connectivity index (χ4v) is 5.05. The second kappa shape index (κ2) is 7.23. The predicted molar refractivity (Wildman–Crippen MR) is 129 cm³/mol. The average molecular weight is 427 g/mol. The Morgan fingerprint density at radius 1 is 0.667 bits per heavy atom. The highest BCUT2D eigenvalue weighted by Crippen LogP contribution is 2.36. The molecule has 0 saturated carbocycles. The van der Waals surface area contributed by atoms with E-state index in [4.69, 9.17) is 19.9 Å². The van der Waals surface area contributed by atoms with Crippen LogP contribution in [-0.4, -0.2) is 19.9 Å². The predicted octanol–water partition coefficient (Wildman–Crippen LogP) is 7.10. The lowest BCUT2D eigenvalue weighted by molar-refractivity contribution is 1.26. The Kier molecular flexibility index (Phi) is 4.53. The SMILES string of the molecule is C=C(C)c1cccc(-c2nc3cc4sc(-c5cccc(C(=C)C)n5)nc4cc3s2)n1. The van der Waals surface area contributed by atoms with Crippen molar-refractivity contribution in [3.05, 3.63) is 73.1 Å². The molecular weight excluding hydrogens is 408 g/mol. The van der Waals surface area contributed by atoms with Crippen LogP contribution in [0.3, 0.4) is 0 Å². The molecule has 4 heterocycles. The molecule has 0 atom stereocenters. The molecule has 0 unspecified atom stereocenters. The normalized spacial score (nSPS) is 11.3. The maximum atomic E-state index is 4.83. The Hall–Kier alpha value is -3.22. The largest absolute Gasteiger partial charge is 0.246 e. The monoisotopic (exact) mass is 426 g/mol. The summed E-state index contributed by atoms with van der Waals surface area (Å²) in [5, 5.41) is 1.81. The number of nitrogens with zero attached hydrogens (tertiary/aromatic N) is 4. The highest BCUT2D eigenvalue weighted by Gasteiger charge is 2.13. The van der Waals surface area contributed by atoms with Crippen LogP contribution in [0.5, 0.6) is 0 Å². The standard InChI is InChI=1S/C24H18N4S2/c1-13(2)15-7-5-9-17(25-15)23-27-19-11-22-20(12-21(19)29-23)28-24(30-22)18-10-6-8-16(26-18)14(3)4/h5-12H,1,3H2,2,4H3. The van der Waals surface area contributed by atoms with Crippen molar-refractivity contribution >= 4 is 54.3 Å². The summed E-state index contributed by atoms with van der Waals surface area (Å²) >= 11 is 3.26. The molecular formula is C24H18N4S2. The second-order valence-corrected chi connectivity index (χ2v) is 9.26. The van der Waals surface area contributed by atoms with Crippen LogP contribution in [0.25, 0.3) is 53.0 Å². The minimum absolute atomic E-state index is 0.870. The third-order valence-electron chi connectivity index (χ3n) is 4.71. The first-order valence-electron chi connectivity index (χ1n) is 9.46. The quantitative estimate of drug-likeness (QED) is 0.308. The summed E-state index contributed by atoms with van der Waals surface area (Å²) in [5.41, 5.74) is 7.34. The van der Waals surface area contributed by atoms with E-state index in [9.17, 15) is 0 Å². The van der Waals surface area contributed by atoms with Gasteiger partial charge in [-0.3, -0.25) is 0 Å². The van der Waals surface area contributed by atoms with Crippen molar-refractivity contribution in [1.82, 2.24) is 19.9 Å². The van der Waals surface area contributed by atoms with Crippen molar-refractivity contribution in [1.29, 1.82) is 0 Å². The maximum Gasteiger partial charge on any atom is 0.143 e. The van der Waals surface area contributed by atoms with Gasteiger partial charge in [0.05, 0.1) is 43.2 Å². The molecule has 0 spiro atoms. The van der Waals surface area contributed by atoms with Gasteiger partial charge in [-0.1, -0.05) is 25.3 Å². The van der Waals surface area contributed by atoms with E-state index in [0.29, 0.717) is 0 Å². The lowest BCUT2D eigenvalue weighted by Gasteiger charge is -2.00. The number of benzene rings is 1.